The number of hydrogen-bond donors (Lipinski definition) is 3. The summed E-state index contributed by atoms with van der Waals surface area (Å²) in [6.45, 7) is 3.09. The molecule has 0 aliphatic carbocycles. The van der Waals surface area contributed by atoms with Crippen LogP contribution in [0.4, 0.5) is 4.53 Å². The van der Waals surface area contributed by atoms with Crippen LogP contribution in [-0.2, 0) is 14.1 Å². The molecule has 6 nitrogen and oxygen atoms in total. The summed E-state index contributed by atoms with van der Waals surface area (Å²) in [6.07, 6.45) is 1.06. The third-order valence-corrected chi connectivity index (χ3v) is 0.471. The van der Waals surface area contributed by atoms with Crippen molar-refractivity contribution in [3.63, 3.8) is 0 Å². The number of amides is 1. The number of carbonyl (C=O) groups is 1. The van der Waals surface area contributed by atoms with Crippen LogP contribution in [-0.4, -0.2) is 15.7 Å². The van der Waals surface area contributed by atoms with Crippen molar-refractivity contribution in [2.45, 2.75) is 0 Å². The zero-order chi connectivity index (χ0) is 9.49. The highest BCUT2D eigenvalue weighted by molar-refractivity contribution is 7.46. The predicted octanol–water partition coefficient (Wildman–Crippen LogP) is -0.362. The predicted molar refractivity (Wildman–Crippen MR) is 33.6 cm³/mol. The monoisotopic (exact) mass is 187 g/mol. The Bertz CT molecular complexity index is 177. The second kappa shape index (κ2) is 5.99. The van der Waals surface area contributed by atoms with E-state index in [0.29, 0.717) is 0 Å². The van der Waals surface area contributed by atoms with Gasteiger partial charge in [-0.2, -0.15) is 0 Å². The molecule has 0 radical (unpaired) electrons. The van der Waals surface area contributed by atoms with Crippen molar-refractivity contribution in [3.8, 4) is 0 Å². The molecule has 0 unspecified atom stereocenters. The van der Waals surface area contributed by atoms with Crippen molar-refractivity contribution < 1.29 is 28.4 Å². The van der Waals surface area contributed by atoms with Crippen LogP contribution in [0.2, 0.25) is 0 Å². The van der Waals surface area contributed by atoms with E-state index in [9.17, 15) is 9.32 Å². The first-order chi connectivity index (χ1) is 4.83. The minimum absolute atomic E-state index is 0.481. The molecule has 4 N–H and O–H groups in total. The van der Waals surface area contributed by atoms with Gasteiger partial charge in [0.05, 0.1) is 0 Å². The quantitative estimate of drug-likeness (QED) is 0.403. The second-order valence-electron chi connectivity index (χ2n) is 1.17. The lowest BCUT2D eigenvalue weighted by molar-refractivity contribution is -0.113. The fourth-order valence-electron chi connectivity index (χ4n) is 0. The summed E-state index contributed by atoms with van der Waals surface area (Å²) < 4.78 is 21.4. The first-order valence-corrected chi connectivity index (χ1v) is 3.64. The number of hydrogen-bond acceptors (Lipinski definition) is 3. The van der Waals surface area contributed by atoms with Gasteiger partial charge in [-0.3, -0.25) is 4.79 Å². The lowest BCUT2D eigenvalue weighted by Crippen LogP contribution is -2.04. The zero-order valence-electron chi connectivity index (χ0n) is 5.31. The summed E-state index contributed by atoms with van der Waals surface area (Å²) in [7, 11) is -4.81. The van der Waals surface area contributed by atoms with Gasteiger partial charge < -0.3 is 15.5 Å². The van der Waals surface area contributed by atoms with Crippen molar-refractivity contribution >= 4 is 13.7 Å². The molecule has 1 amide bonds. The summed E-state index contributed by atoms with van der Waals surface area (Å²) in [5, 5.41) is 0. The molecular weight excluding hydrogens is 180 g/mol. The molecule has 0 aromatic rings. The number of rotatable bonds is 2. The van der Waals surface area contributed by atoms with E-state index in [2.05, 4.69) is 17.0 Å². The van der Waals surface area contributed by atoms with Gasteiger partial charge in [0.25, 0.3) is 0 Å². The highest BCUT2D eigenvalue weighted by Crippen LogP contribution is 2.35. The summed E-state index contributed by atoms with van der Waals surface area (Å²) in [5.74, 6) is -0.481. The van der Waals surface area contributed by atoms with Crippen LogP contribution in [0.3, 0.4) is 0 Å². The molecule has 0 saturated carbocycles. The van der Waals surface area contributed by atoms with E-state index in [1.54, 1.807) is 0 Å². The van der Waals surface area contributed by atoms with Gasteiger partial charge in [0.15, 0.2) is 0 Å². The summed E-state index contributed by atoms with van der Waals surface area (Å²) in [5.41, 5.74) is 4.53. The van der Waals surface area contributed by atoms with Crippen molar-refractivity contribution in [2.24, 2.45) is 5.73 Å². The van der Waals surface area contributed by atoms with E-state index < -0.39 is 13.7 Å². The molecule has 66 valence electrons. The smallest absolute Gasteiger partial charge is 0.366 e. The number of halogens is 1. The molecule has 0 atom stereocenters. The standard InChI is InChI=1S/C3H5NO.FH2O4P/c1-2-3(4)5;1-5-6(2,3)4/h2H,1H2,(H2,4,5);(H2,2,3,4). The molecule has 0 rings (SSSR count). The average Bonchev–Trinajstić information content (AvgIpc) is 1.88. The summed E-state index contributed by atoms with van der Waals surface area (Å²) in [6, 6.07) is 0. The van der Waals surface area contributed by atoms with Crippen molar-refractivity contribution in [2.75, 3.05) is 0 Å². The molecule has 0 fully saturated rings. The van der Waals surface area contributed by atoms with E-state index in [-0.39, 0.29) is 0 Å². The lowest BCUT2D eigenvalue weighted by Gasteiger charge is -1.87. The maximum Gasteiger partial charge on any atom is 0.500 e. The Labute approximate surface area is 61.6 Å². The summed E-state index contributed by atoms with van der Waals surface area (Å²) in [4.78, 5) is 24.2. The summed E-state index contributed by atoms with van der Waals surface area (Å²) >= 11 is 0. The zero-order valence-corrected chi connectivity index (χ0v) is 6.20. The molecule has 11 heavy (non-hydrogen) atoms. The fourth-order valence-corrected chi connectivity index (χ4v) is 0. The minimum atomic E-state index is -4.81. The van der Waals surface area contributed by atoms with Gasteiger partial charge in [0.1, 0.15) is 0 Å². The third-order valence-electron chi connectivity index (χ3n) is 0.291. The lowest BCUT2D eigenvalue weighted by atomic mass is 10.6. The molecule has 0 aromatic heterocycles. The van der Waals surface area contributed by atoms with Gasteiger partial charge in [-0.05, 0) is 10.6 Å². The van der Waals surface area contributed by atoms with Gasteiger partial charge >= 0.3 is 7.82 Å². The topological polar surface area (TPSA) is 110 Å². The maximum atomic E-state index is 10.2. The van der Waals surface area contributed by atoms with E-state index in [1.165, 1.54) is 0 Å². The Kier molecular flexibility index (Phi) is 7.02. The molecule has 0 aromatic carbocycles. The SMILES string of the molecule is C=CC(N)=O.O=P(O)(O)OF. The maximum absolute atomic E-state index is 10.2. The van der Waals surface area contributed by atoms with E-state index >= 15 is 0 Å². The highest BCUT2D eigenvalue weighted by atomic mass is 31.2. The van der Waals surface area contributed by atoms with Crippen LogP contribution >= 0.6 is 7.82 Å². The largest absolute Gasteiger partial charge is 0.500 e. The Morgan fingerprint density at radius 2 is 1.91 bits per heavy atom. The Balaban J connectivity index is 0. The molecule has 0 saturated heterocycles. The average molecular weight is 187 g/mol. The Hall–Kier alpha value is -0.750. The van der Waals surface area contributed by atoms with E-state index in [1.807, 2.05) is 0 Å². The van der Waals surface area contributed by atoms with E-state index in [0.717, 1.165) is 6.08 Å². The minimum Gasteiger partial charge on any atom is -0.366 e. The van der Waals surface area contributed by atoms with Crippen molar-refractivity contribution in [1.82, 2.24) is 0 Å². The molecule has 0 spiro atoms. The number of primary amides is 1. The first-order valence-electron chi connectivity index (χ1n) is 2.11. The highest BCUT2D eigenvalue weighted by Gasteiger charge is 2.12. The Morgan fingerprint density at radius 1 is 1.73 bits per heavy atom. The molecule has 0 heterocycles. The van der Waals surface area contributed by atoms with Crippen molar-refractivity contribution in [1.29, 1.82) is 0 Å². The van der Waals surface area contributed by atoms with Gasteiger partial charge in [0, 0.05) is 0 Å². The van der Waals surface area contributed by atoms with E-state index in [4.69, 9.17) is 14.4 Å². The molecule has 0 aliphatic heterocycles. The molecular formula is C3H7FNO5P. The number of carbonyl (C=O) groups excluding carboxylic acids is 1. The van der Waals surface area contributed by atoms with Gasteiger partial charge in [-0.1, -0.05) is 11.3 Å². The van der Waals surface area contributed by atoms with Crippen LogP contribution < -0.4 is 5.73 Å². The van der Waals surface area contributed by atoms with Gasteiger partial charge in [0.2, 0.25) is 5.91 Å². The van der Waals surface area contributed by atoms with Gasteiger partial charge in [-0.15, -0.1) is 0 Å². The molecule has 0 bridgehead atoms. The van der Waals surface area contributed by atoms with Crippen LogP contribution in [0.25, 0.3) is 0 Å². The number of nitrogens with two attached hydrogens (primary N) is 1. The number of phosphoric acid groups is 1. The second-order valence-corrected chi connectivity index (χ2v) is 2.29. The van der Waals surface area contributed by atoms with Gasteiger partial charge in [-0.25, -0.2) is 4.57 Å². The fraction of sp³-hybridized carbons (Fsp3) is 0. The van der Waals surface area contributed by atoms with Crippen molar-refractivity contribution in [3.05, 3.63) is 12.7 Å². The third kappa shape index (κ3) is 26.9. The molecule has 8 heteroatoms. The molecule has 0 aliphatic rings. The normalized spacial score (nSPS) is 9.36. The first kappa shape index (κ1) is 12.9. The van der Waals surface area contributed by atoms with Crippen LogP contribution in [0.15, 0.2) is 12.7 Å². The van der Waals surface area contributed by atoms with Crippen LogP contribution in [0.1, 0.15) is 0 Å². The Morgan fingerprint density at radius 3 is 1.91 bits per heavy atom. The van der Waals surface area contributed by atoms with Crippen LogP contribution in [0, 0.1) is 0 Å². The van der Waals surface area contributed by atoms with Crippen LogP contribution in [0.5, 0.6) is 0 Å².